The molecule has 0 aromatic carbocycles. The van der Waals surface area contributed by atoms with Crippen LogP contribution in [0, 0.1) is 0 Å². The molecule has 5 nitrogen and oxygen atoms in total. The Morgan fingerprint density at radius 2 is 1.69 bits per heavy atom. The molecule has 26 heavy (non-hydrogen) atoms. The minimum Gasteiger partial charge on any atom is -0.444 e. The van der Waals surface area contributed by atoms with Crippen molar-refractivity contribution in [2.24, 2.45) is 0 Å². The Balaban J connectivity index is 5.63. The maximum absolute atomic E-state index is 12.7. The Hall–Kier alpha value is -1.40. The molecule has 1 unspecified atom stereocenters. The van der Waals surface area contributed by atoms with Crippen LogP contribution in [-0.4, -0.2) is 49.9 Å². The van der Waals surface area contributed by atoms with Crippen molar-refractivity contribution in [3.63, 3.8) is 0 Å². The maximum Gasteiger partial charge on any atom is 0.411 e. The summed E-state index contributed by atoms with van der Waals surface area (Å²) >= 11 is 0. The SMILES string of the molecule is C=CCN(C(=O)OC(C)(C)C)C(CO[Si](C)(C)C(C)(C)C)C(=O)C=CC. The number of ketones is 1. The lowest BCUT2D eigenvalue weighted by Crippen LogP contribution is -2.52. The molecule has 0 spiro atoms. The smallest absolute Gasteiger partial charge is 0.411 e. The van der Waals surface area contributed by atoms with Crippen LogP contribution in [0.5, 0.6) is 0 Å². The van der Waals surface area contributed by atoms with E-state index in [0.29, 0.717) is 0 Å². The van der Waals surface area contributed by atoms with Crippen LogP contribution in [0.3, 0.4) is 0 Å². The van der Waals surface area contributed by atoms with Crippen LogP contribution < -0.4 is 0 Å². The summed E-state index contributed by atoms with van der Waals surface area (Å²) in [4.78, 5) is 26.7. The molecule has 1 amide bonds. The van der Waals surface area contributed by atoms with Crippen LogP contribution in [0.15, 0.2) is 24.8 Å². The molecule has 0 heterocycles. The highest BCUT2D eigenvalue weighted by molar-refractivity contribution is 6.74. The van der Waals surface area contributed by atoms with E-state index in [2.05, 4.69) is 40.4 Å². The van der Waals surface area contributed by atoms with E-state index < -0.39 is 26.1 Å². The number of allylic oxidation sites excluding steroid dienone is 1. The number of carbonyl (C=O) groups is 2. The van der Waals surface area contributed by atoms with E-state index >= 15 is 0 Å². The molecule has 0 aliphatic heterocycles. The highest BCUT2D eigenvalue weighted by atomic mass is 28.4. The lowest BCUT2D eigenvalue weighted by atomic mass is 10.1. The van der Waals surface area contributed by atoms with E-state index in [0.717, 1.165) is 0 Å². The highest BCUT2D eigenvalue weighted by Crippen LogP contribution is 2.36. The third kappa shape index (κ3) is 7.87. The number of ether oxygens (including phenoxy) is 1. The van der Waals surface area contributed by atoms with Gasteiger partial charge in [0.15, 0.2) is 14.1 Å². The van der Waals surface area contributed by atoms with Crippen molar-refractivity contribution >= 4 is 20.2 Å². The standard InChI is InChI=1S/C20H37NO4Si/c1-11-13-17(22)16(15-24-26(9,10)20(6,7)8)21(14-12-2)18(23)25-19(3,4)5/h11-13,16H,2,14-15H2,1,3-10H3. The van der Waals surface area contributed by atoms with Gasteiger partial charge in [0.05, 0.1) is 6.61 Å². The Bertz CT molecular complexity index is 527. The minimum atomic E-state index is -2.07. The zero-order valence-corrected chi connectivity index (χ0v) is 19.0. The van der Waals surface area contributed by atoms with Crippen molar-refractivity contribution in [1.29, 1.82) is 0 Å². The summed E-state index contributed by atoms with van der Waals surface area (Å²) in [5, 5.41) is 0.0103. The van der Waals surface area contributed by atoms with Crippen LogP contribution in [-0.2, 0) is 14.0 Å². The van der Waals surface area contributed by atoms with Gasteiger partial charge in [0, 0.05) is 6.54 Å². The van der Waals surface area contributed by atoms with Gasteiger partial charge in [-0.25, -0.2) is 4.79 Å². The Kier molecular flexibility index (Phi) is 9.00. The van der Waals surface area contributed by atoms with Gasteiger partial charge in [0.1, 0.15) is 11.6 Å². The molecule has 0 saturated heterocycles. The first kappa shape index (κ1) is 24.6. The summed E-state index contributed by atoms with van der Waals surface area (Å²) in [7, 11) is -2.07. The van der Waals surface area contributed by atoms with Gasteiger partial charge in [-0.05, 0) is 51.9 Å². The first-order valence-corrected chi connectivity index (χ1v) is 12.0. The summed E-state index contributed by atoms with van der Waals surface area (Å²) < 4.78 is 11.7. The first-order chi connectivity index (χ1) is 11.7. The second-order valence-electron chi connectivity index (χ2n) is 8.91. The number of rotatable bonds is 8. The molecule has 150 valence electrons. The minimum absolute atomic E-state index is 0.0103. The summed E-state index contributed by atoms with van der Waals surface area (Å²) in [6.07, 6.45) is 4.19. The number of carbonyl (C=O) groups excluding carboxylic acids is 2. The quantitative estimate of drug-likeness (QED) is 0.338. The van der Waals surface area contributed by atoms with Gasteiger partial charge in [-0.2, -0.15) is 0 Å². The lowest BCUT2D eigenvalue weighted by Gasteiger charge is -2.39. The Labute approximate surface area is 160 Å². The predicted molar refractivity (Wildman–Crippen MR) is 110 cm³/mol. The third-order valence-electron chi connectivity index (χ3n) is 4.40. The fraction of sp³-hybridized carbons (Fsp3) is 0.700. The van der Waals surface area contributed by atoms with E-state index in [1.807, 2.05) is 0 Å². The monoisotopic (exact) mass is 383 g/mol. The first-order valence-electron chi connectivity index (χ1n) is 9.07. The third-order valence-corrected chi connectivity index (χ3v) is 8.90. The zero-order valence-electron chi connectivity index (χ0n) is 18.0. The van der Waals surface area contributed by atoms with Crippen molar-refractivity contribution in [3.8, 4) is 0 Å². The normalized spacial score (nSPS) is 14.2. The number of amides is 1. The Morgan fingerprint density at radius 1 is 1.15 bits per heavy atom. The maximum atomic E-state index is 12.7. The largest absolute Gasteiger partial charge is 0.444 e. The van der Waals surface area contributed by atoms with Crippen LogP contribution >= 0.6 is 0 Å². The van der Waals surface area contributed by atoms with Crippen LogP contribution in [0.2, 0.25) is 18.1 Å². The molecule has 0 aliphatic rings. The molecule has 0 aliphatic carbocycles. The van der Waals surface area contributed by atoms with Crippen molar-refractivity contribution in [3.05, 3.63) is 24.8 Å². The van der Waals surface area contributed by atoms with Gasteiger partial charge in [-0.3, -0.25) is 9.69 Å². The molecule has 0 aromatic heterocycles. The second-order valence-corrected chi connectivity index (χ2v) is 13.7. The number of hydrogen-bond acceptors (Lipinski definition) is 4. The van der Waals surface area contributed by atoms with E-state index in [-0.39, 0.29) is 24.0 Å². The highest BCUT2D eigenvalue weighted by Gasteiger charge is 2.39. The van der Waals surface area contributed by atoms with Crippen molar-refractivity contribution in [2.45, 2.75) is 78.2 Å². The average molecular weight is 384 g/mol. The summed E-state index contributed by atoms with van der Waals surface area (Å²) in [5.41, 5.74) is -0.648. The van der Waals surface area contributed by atoms with Crippen molar-refractivity contribution in [1.82, 2.24) is 4.90 Å². The molecule has 0 N–H and O–H groups in total. The average Bonchev–Trinajstić information content (AvgIpc) is 2.43. The van der Waals surface area contributed by atoms with Gasteiger partial charge in [-0.15, -0.1) is 6.58 Å². The van der Waals surface area contributed by atoms with E-state index in [1.165, 1.54) is 11.0 Å². The molecule has 0 fully saturated rings. The summed E-state index contributed by atoms with van der Waals surface area (Å²) in [6, 6.07) is -0.742. The topological polar surface area (TPSA) is 55.8 Å². The van der Waals surface area contributed by atoms with E-state index in [9.17, 15) is 9.59 Å². The number of hydrogen-bond donors (Lipinski definition) is 0. The fourth-order valence-corrected chi connectivity index (χ4v) is 2.90. The molecule has 1 atom stereocenters. The van der Waals surface area contributed by atoms with Crippen molar-refractivity contribution in [2.75, 3.05) is 13.2 Å². The van der Waals surface area contributed by atoms with Gasteiger partial charge in [-0.1, -0.05) is 32.9 Å². The number of nitrogens with zero attached hydrogens (tertiary/aromatic N) is 1. The molecule has 6 heteroatoms. The molecular weight excluding hydrogens is 346 g/mol. The fourth-order valence-electron chi connectivity index (χ4n) is 1.89. The predicted octanol–water partition coefficient (Wildman–Crippen LogP) is 4.95. The van der Waals surface area contributed by atoms with Gasteiger partial charge < -0.3 is 9.16 Å². The van der Waals surface area contributed by atoms with E-state index in [4.69, 9.17) is 9.16 Å². The van der Waals surface area contributed by atoms with Gasteiger partial charge >= 0.3 is 6.09 Å². The van der Waals surface area contributed by atoms with Crippen LogP contribution in [0.1, 0.15) is 48.5 Å². The second kappa shape index (κ2) is 9.51. The zero-order chi connectivity index (χ0) is 20.8. The summed E-state index contributed by atoms with van der Waals surface area (Å²) in [5.74, 6) is -0.182. The summed E-state index contributed by atoms with van der Waals surface area (Å²) in [6.45, 7) is 21.9. The van der Waals surface area contributed by atoms with Gasteiger partial charge in [0.25, 0.3) is 0 Å². The molecule has 0 saturated carbocycles. The molecular formula is C20H37NO4Si. The van der Waals surface area contributed by atoms with Crippen LogP contribution in [0.25, 0.3) is 0 Å². The van der Waals surface area contributed by atoms with E-state index in [1.54, 1.807) is 39.8 Å². The van der Waals surface area contributed by atoms with Crippen molar-refractivity contribution < 1.29 is 18.8 Å². The molecule has 0 bridgehead atoms. The molecule has 0 aromatic rings. The lowest BCUT2D eigenvalue weighted by molar-refractivity contribution is -0.120. The van der Waals surface area contributed by atoms with Crippen LogP contribution in [0.4, 0.5) is 4.79 Å². The molecule has 0 radical (unpaired) electrons. The van der Waals surface area contributed by atoms with Gasteiger partial charge in [0.2, 0.25) is 0 Å². The molecule has 0 rings (SSSR count). The Morgan fingerprint density at radius 3 is 2.08 bits per heavy atom.